The first-order valence-corrected chi connectivity index (χ1v) is 23.0. The summed E-state index contributed by atoms with van der Waals surface area (Å²) in [6, 6.07) is 86.6. The van der Waals surface area contributed by atoms with Crippen molar-refractivity contribution in [2.75, 3.05) is 4.90 Å². The lowest BCUT2D eigenvalue weighted by molar-refractivity contribution is 0.660. The van der Waals surface area contributed by atoms with Gasteiger partial charge in [-0.2, -0.15) is 0 Å². The van der Waals surface area contributed by atoms with Crippen molar-refractivity contribution < 1.29 is 0 Å². The summed E-state index contributed by atoms with van der Waals surface area (Å²) >= 11 is 0. The van der Waals surface area contributed by atoms with Crippen LogP contribution in [-0.4, -0.2) is 0 Å². The first kappa shape index (κ1) is 39.3. The fourth-order valence-electron chi connectivity index (χ4n) is 10.7. The van der Waals surface area contributed by atoms with E-state index >= 15 is 0 Å². The van der Waals surface area contributed by atoms with Crippen LogP contribution < -0.4 is 4.90 Å². The molecule has 11 aromatic carbocycles. The highest BCUT2D eigenvalue weighted by Crippen LogP contribution is 2.51. The zero-order chi connectivity index (χ0) is 44.2. The zero-order valence-corrected chi connectivity index (χ0v) is 37.1. The second-order valence-corrected chi connectivity index (χ2v) is 18.0. The Hall–Kier alpha value is -8.26. The van der Waals surface area contributed by atoms with Crippen LogP contribution in [0.4, 0.5) is 17.1 Å². The topological polar surface area (TPSA) is 3.24 Å². The van der Waals surface area contributed by atoms with Crippen LogP contribution >= 0.6 is 0 Å². The highest BCUT2D eigenvalue weighted by Gasteiger charge is 2.36. The summed E-state index contributed by atoms with van der Waals surface area (Å²) in [4.78, 5) is 2.36. The minimum atomic E-state index is -0.173. The van der Waals surface area contributed by atoms with Crippen molar-refractivity contribution in [1.82, 2.24) is 0 Å². The minimum Gasteiger partial charge on any atom is -0.310 e. The third kappa shape index (κ3) is 6.63. The molecular formula is C65H47N. The van der Waals surface area contributed by atoms with E-state index in [1.54, 1.807) is 0 Å². The smallest absolute Gasteiger partial charge is 0.0465 e. The standard InChI is InChI=1S/C65H47N/c1-65(2)61-41-44(32-37-56(61)57-40-36-51(43-62(57)65)66(49-23-11-5-12-24-49)50-25-13-6-14-26-50)31-33-45-34-38-53(54-28-16-15-27-52(45)54)48-35-39-59-60(42-48)55-29-17-18-30-58(55)63(46-19-7-3-8-20-46)64(59)47-21-9-4-10-22-47/h3-43H,1-2H3/b33-31+. The molecule has 0 radical (unpaired) electrons. The second kappa shape index (κ2) is 16.1. The van der Waals surface area contributed by atoms with Gasteiger partial charge >= 0.3 is 0 Å². The molecule has 0 aromatic heterocycles. The van der Waals surface area contributed by atoms with Crippen LogP contribution in [0.3, 0.4) is 0 Å². The third-order valence-electron chi connectivity index (χ3n) is 13.8. The van der Waals surface area contributed by atoms with E-state index in [2.05, 4.69) is 267 Å². The molecule has 0 N–H and O–H groups in total. The molecule has 11 aromatic rings. The minimum absolute atomic E-state index is 0.173. The molecule has 0 unspecified atom stereocenters. The Bertz CT molecular complexity index is 3600. The van der Waals surface area contributed by atoms with E-state index in [9.17, 15) is 0 Å². The van der Waals surface area contributed by atoms with Crippen LogP contribution in [-0.2, 0) is 5.41 Å². The van der Waals surface area contributed by atoms with Crippen molar-refractivity contribution >= 4 is 61.5 Å². The molecule has 0 saturated heterocycles. The molecule has 0 spiro atoms. The summed E-state index contributed by atoms with van der Waals surface area (Å²) in [5.74, 6) is 0. The van der Waals surface area contributed by atoms with Gasteiger partial charge in [-0.1, -0.05) is 220 Å². The lowest BCUT2D eigenvalue weighted by Gasteiger charge is -2.28. The fraction of sp³-hybridized carbons (Fsp3) is 0.0462. The normalized spacial score (nSPS) is 12.8. The number of para-hydroxylation sites is 2. The van der Waals surface area contributed by atoms with Gasteiger partial charge in [0.25, 0.3) is 0 Å². The van der Waals surface area contributed by atoms with Gasteiger partial charge in [0.2, 0.25) is 0 Å². The van der Waals surface area contributed by atoms with Gasteiger partial charge in [-0.05, 0) is 142 Å². The molecule has 0 aliphatic heterocycles. The number of hydrogen-bond donors (Lipinski definition) is 0. The van der Waals surface area contributed by atoms with Gasteiger partial charge in [0.05, 0.1) is 0 Å². The summed E-state index contributed by atoms with van der Waals surface area (Å²) in [7, 11) is 0. The molecule has 66 heavy (non-hydrogen) atoms. The van der Waals surface area contributed by atoms with Gasteiger partial charge < -0.3 is 4.90 Å². The molecule has 0 amide bonds. The third-order valence-corrected chi connectivity index (χ3v) is 13.8. The van der Waals surface area contributed by atoms with E-state index in [0.29, 0.717) is 0 Å². The molecule has 1 heteroatoms. The summed E-state index contributed by atoms with van der Waals surface area (Å²) < 4.78 is 0. The summed E-state index contributed by atoms with van der Waals surface area (Å²) in [6.07, 6.45) is 4.58. The van der Waals surface area contributed by atoms with Crippen LogP contribution in [0.1, 0.15) is 36.1 Å². The van der Waals surface area contributed by atoms with Crippen LogP contribution in [0.5, 0.6) is 0 Å². The molecule has 0 heterocycles. The first-order valence-electron chi connectivity index (χ1n) is 23.0. The van der Waals surface area contributed by atoms with Gasteiger partial charge in [0.1, 0.15) is 0 Å². The summed E-state index contributed by atoms with van der Waals surface area (Å²) in [5.41, 5.74) is 18.5. The predicted octanol–water partition coefficient (Wildman–Crippen LogP) is 18.1. The molecule has 0 fully saturated rings. The van der Waals surface area contributed by atoms with Gasteiger partial charge in [-0.25, -0.2) is 0 Å². The van der Waals surface area contributed by atoms with Crippen LogP contribution in [0.2, 0.25) is 0 Å². The predicted molar refractivity (Wildman–Crippen MR) is 283 cm³/mol. The molecule has 12 rings (SSSR count). The van der Waals surface area contributed by atoms with E-state index in [1.807, 2.05) is 0 Å². The Balaban J connectivity index is 0.909. The zero-order valence-electron chi connectivity index (χ0n) is 37.1. The van der Waals surface area contributed by atoms with Crippen molar-refractivity contribution in [3.8, 4) is 44.5 Å². The number of nitrogens with zero attached hydrogens (tertiary/aromatic N) is 1. The van der Waals surface area contributed by atoms with Crippen molar-refractivity contribution in [1.29, 1.82) is 0 Å². The maximum Gasteiger partial charge on any atom is 0.0465 e. The second-order valence-electron chi connectivity index (χ2n) is 18.0. The van der Waals surface area contributed by atoms with Gasteiger partial charge in [0, 0.05) is 22.5 Å². The molecule has 312 valence electrons. The number of rotatable bonds is 8. The average Bonchev–Trinajstić information content (AvgIpc) is 3.60. The maximum absolute atomic E-state index is 2.42. The van der Waals surface area contributed by atoms with Crippen LogP contribution in [0, 0.1) is 0 Å². The molecule has 1 nitrogen and oxygen atoms in total. The van der Waals surface area contributed by atoms with Crippen LogP contribution in [0.15, 0.2) is 237 Å². The van der Waals surface area contributed by atoms with E-state index in [1.165, 1.54) is 99.1 Å². The number of benzene rings is 11. The monoisotopic (exact) mass is 841 g/mol. The molecule has 0 saturated carbocycles. The van der Waals surface area contributed by atoms with Crippen molar-refractivity contribution in [3.05, 3.63) is 259 Å². The van der Waals surface area contributed by atoms with Crippen LogP contribution in [0.25, 0.3) is 89.0 Å². The lowest BCUT2D eigenvalue weighted by Crippen LogP contribution is -2.16. The highest BCUT2D eigenvalue weighted by atomic mass is 15.1. The molecular weight excluding hydrogens is 795 g/mol. The Labute approximate surface area is 387 Å². The Morgan fingerprint density at radius 3 is 1.45 bits per heavy atom. The first-order chi connectivity index (χ1) is 32.5. The molecule has 0 atom stereocenters. The van der Waals surface area contributed by atoms with E-state index in [0.717, 1.165) is 17.1 Å². The van der Waals surface area contributed by atoms with E-state index < -0.39 is 0 Å². The summed E-state index contributed by atoms with van der Waals surface area (Å²) in [6.45, 7) is 4.74. The Morgan fingerprint density at radius 1 is 0.318 bits per heavy atom. The molecule has 0 bridgehead atoms. The van der Waals surface area contributed by atoms with Gasteiger partial charge in [-0.3, -0.25) is 0 Å². The number of hydrogen-bond acceptors (Lipinski definition) is 1. The number of anilines is 3. The van der Waals surface area contributed by atoms with Gasteiger partial charge in [-0.15, -0.1) is 0 Å². The van der Waals surface area contributed by atoms with Crippen molar-refractivity contribution in [2.24, 2.45) is 0 Å². The highest BCUT2D eigenvalue weighted by molar-refractivity contribution is 6.22. The van der Waals surface area contributed by atoms with Gasteiger partial charge in [0.15, 0.2) is 0 Å². The maximum atomic E-state index is 2.42. The van der Waals surface area contributed by atoms with Crippen molar-refractivity contribution in [3.63, 3.8) is 0 Å². The Kier molecular flexibility index (Phi) is 9.58. The SMILES string of the molecule is CC1(C)c2cc(/C=C/c3ccc(-c4ccc5c(-c6ccccc6)c(-c6ccccc6)c6ccccc6c5c4)c4ccccc34)ccc2-c2ccc(N(c3ccccc3)c3ccccc3)cc21. The Morgan fingerprint density at radius 2 is 0.818 bits per heavy atom. The average molecular weight is 842 g/mol. The quantitative estimate of drug-likeness (QED) is 0.109. The van der Waals surface area contributed by atoms with E-state index in [-0.39, 0.29) is 5.41 Å². The van der Waals surface area contributed by atoms with E-state index in [4.69, 9.17) is 0 Å². The summed E-state index contributed by atoms with van der Waals surface area (Å²) in [5, 5.41) is 7.53. The largest absolute Gasteiger partial charge is 0.310 e. The van der Waals surface area contributed by atoms with Crippen molar-refractivity contribution in [2.45, 2.75) is 19.3 Å². The lowest BCUT2D eigenvalue weighted by atomic mass is 9.81. The number of fused-ring (bicyclic) bond motifs is 7. The molecule has 1 aliphatic carbocycles. The molecule has 1 aliphatic rings. The fourth-order valence-corrected chi connectivity index (χ4v) is 10.7.